The Hall–Kier alpha value is -1.66. The number of nitrogens with one attached hydrogen (secondary N) is 1. The van der Waals surface area contributed by atoms with Gasteiger partial charge in [-0.25, -0.2) is 0 Å². The number of carbonyl (C=O) groups is 2. The largest absolute Gasteiger partial charge is 0.466 e. The Balaban J connectivity index is 3.30. The lowest BCUT2D eigenvalue weighted by molar-refractivity contribution is -0.143. The van der Waals surface area contributed by atoms with Crippen LogP contribution in [0.15, 0.2) is 24.3 Å². The van der Waals surface area contributed by atoms with Crippen molar-refractivity contribution in [2.24, 2.45) is 0 Å². The number of aliphatic hydroxyl groups excluding tert-OH is 2. The van der Waals surface area contributed by atoms with E-state index in [1.807, 2.05) is 0 Å². The number of rotatable bonds is 72. The lowest BCUT2D eigenvalue weighted by Gasteiger charge is -2.22. The molecule has 0 aromatic carbocycles. The van der Waals surface area contributed by atoms with Gasteiger partial charge in [0.2, 0.25) is 5.91 Å². The Morgan fingerprint density at radius 2 is 0.602 bits per heavy atom. The number of ether oxygens (including phenoxy) is 1. The third-order valence-electron chi connectivity index (χ3n) is 18.0. The first-order valence-electron chi connectivity index (χ1n) is 38.1. The van der Waals surface area contributed by atoms with Gasteiger partial charge in [0.15, 0.2) is 0 Å². The predicted octanol–water partition coefficient (Wildman–Crippen LogP) is 24.9. The van der Waals surface area contributed by atoms with Crippen molar-refractivity contribution in [3.05, 3.63) is 24.3 Å². The number of carbonyl (C=O) groups excluding carboxylic acids is 2. The Bertz CT molecular complexity index is 1300. The first-order valence-corrected chi connectivity index (χ1v) is 38.1. The molecule has 83 heavy (non-hydrogen) atoms. The van der Waals surface area contributed by atoms with Crippen molar-refractivity contribution in [2.45, 2.75) is 443 Å². The summed E-state index contributed by atoms with van der Waals surface area (Å²) in [6.07, 6.45) is 92.6. The van der Waals surface area contributed by atoms with Crippen LogP contribution in [0.5, 0.6) is 0 Å². The highest BCUT2D eigenvalue weighted by Gasteiger charge is 2.20. The van der Waals surface area contributed by atoms with Crippen LogP contribution in [-0.4, -0.2) is 47.4 Å². The van der Waals surface area contributed by atoms with E-state index in [2.05, 4.69) is 43.5 Å². The molecule has 0 heterocycles. The van der Waals surface area contributed by atoms with Gasteiger partial charge in [0.1, 0.15) is 0 Å². The van der Waals surface area contributed by atoms with Crippen LogP contribution in [0.4, 0.5) is 0 Å². The van der Waals surface area contributed by atoms with Crippen molar-refractivity contribution >= 4 is 11.9 Å². The van der Waals surface area contributed by atoms with Crippen LogP contribution in [-0.2, 0) is 14.3 Å². The van der Waals surface area contributed by atoms with Crippen LogP contribution < -0.4 is 5.32 Å². The van der Waals surface area contributed by atoms with E-state index in [9.17, 15) is 19.8 Å². The van der Waals surface area contributed by atoms with E-state index >= 15 is 0 Å². The highest BCUT2D eigenvalue weighted by atomic mass is 16.5. The molecule has 0 bridgehead atoms. The summed E-state index contributed by atoms with van der Waals surface area (Å²) in [6, 6.07) is -0.537. The lowest BCUT2D eigenvalue weighted by atomic mass is 10.0. The fourth-order valence-corrected chi connectivity index (χ4v) is 12.2. The molecule has 3 N–H and O–H groups in total. The van der Waals surface area contributed by atoms with Gasteiger partial charge in [0.05, 0.1) is 25.4 Å². The van der Waals surface area contributed by atoms with E-state index in [1.54, 1.807) is 0 Å². The molecular weight excluding hydrogens is 1020 g/mol. The van der Waals surface area contributed by atoms with E-state index in [1.165, 1.54) is 347 Å². The second kappa shape index (κ2) is 72.8. The second-order valence-corrected chi connectivity index (χ2v) is 26.3. The van der Waals surface area contributed by atoms with Crippen LogP contribution in [0.3, 0.4) is 0 Å². The number of allylic oxidation sites excluding steroid dienone is 4. The van der Waals surface area contributed by atoms with E-state index in [0.29, 0.717) is 25.9 Å². The molecule has 0 aliphatic carbocycles. The Labute approximate surface area is 520 Å². The minimum atomic E-state index is -0.660. The van der Waals surface area contributed by atoms with Crippen LogP contribution in [0.2, 0.25) is 0 Å². The van der Waals surface area contributed by atoms with Crippen LogP contribution in [0.1, 0.15) is 431 Å². The average molecular weight is 1170 g/mol. The third-order valence-corrected chi connectivity index (χ3v) is 18.0. The molecule has 2 unspecified atom stereocenters. The van der Waals surface area contributed by atoms with E-state index < -0.39 is 12.1 Å². The number of esters is 1. The minimum absolute atomic E-state index is 0.00981. The zero-order chi connectivity index (χ0) is 59.9. The Morgan fingerprint density at radius 1 is 0.337 bits per heavy atom. The fraction of sp³-hybridized carbons (Fsp3) is 0.922. The monoisotopic (exact) mass is 1170 g/mol. The van der Waals surface area contributed by atoms with Gasteiger partial charge in [-0.3, -0.25) is 9.59 Å². The molecule has 0 radical (unpaired) electrons. The summed E-state index contributed by atoms with van der Waals surface area (Å²) >= 11 is 0. The minimum Gasteiger partial charge on any atom is -0.466 e. The molecule has 492 valence electrons. The van der Waals surface area contributed by atoms with Crippen molar-refractivity contribution in [2.75, 3.05) is 13.2 Å². The molecule has 0 aromatic rings. The second-order valence-electron chi connectivity index (χ2n) is 26.3. The summed E-state index contributed by atoms with van der Waals surface area (Å²) in [5.74, 6) is -0.0165. The van der Waals surface area contributed by atoms with Crippen molar-refractivity contribution < 1.29 is 24.5 Å². The van der Waals surface area contributed by atoms with Gasteiger partial charge in [-0.05, 0) is 57.8 Å². The maximum absolute atomic E-state index is 12.5. The van der Waals surface area contributed by atoms with Gasteiger partial charge < -0.3 is 20.3 Å². The zero-order valence-electron chi connectivity index (χ0n) is 56.5. The molecule has 0 saturated carbocycles. The van der Waals surface area contributed by atoms with Gasteiger partial charge in [-0.2, -0.15) is 0 Å². The summed E-state index contributed by atoms with van der Waals surface area (Å²) in [5.41, 5.74) is 0. The number of amides is 1. The van der Waals surface area contributed by atoms with Gasteiger partial charge >= 0.3 is 5.97 Å². The quantitative estimate of drug-likeness (QED) is 0.0320. The smallest absolute Gasteiger partial charge is 0.305 e. The zero-order valence-corrected chi connectivity index (χ0v) is 56.5. The fourth-order valence-electron chi connectivity index (χ4n) is 12.2. The molecule has 0 aliphatic heterocycles. The molecule has 1 amide bonds. The Kier molecular flexibility index (Phi) is 71.4. The first-order chi connectivity index (χ1) is 41.0. The van der Waals surface area contributed by atoms with Crippen molar-refractivity contribution in [1.82, 2.24) is 5.32 Å². The molecule has 6 nitrogen and oxygen atoms in total. The topological polar surface area (TPSA) is 95.9 Å². The molecule has 0 spiro atoms. The highest BCUT2D eigenvalue weighted by Crippen LogP contribution is 2.20. The van der Waals surface area contributed by atoms with Crippen LogP contribution in [0.25, 0.3) is 0 Å². The maximum atomic E-state index is 12.5. The number of hydrogen-bond acceptors (Lipinski definition) is 5. The molecular formula is C77H149NO5. The highest BCUT2D eigenvalue weighted by molar-refractivity contribution is 5.76. The standard InChI is InChI=1S/C77H149NO5/c1-3-5-7-9-11-13-15-17-19-43-47-51-55-59-63-67-71-77(82)83-72-68-64-60-56-52-48-44-40-38-36-34-32-30-28-26-24-22-20-21-23-25-27-29-31-33-35-37-39-42-46-50-54-58-62-66-70-76(81)78-74(73-79)75(80)69-65-61-57-53-49-45-41-18-16-14-12-10-8-6-4-2/h13,15,19,43,74-75,79-80H,3-12,14,16-18,20-42,44-73H2,1-2H3,(H,78,81)/b15-13-,43-19-. The number of unbranched alkanes of at least 4 members (excludes halogenated alkanes) is 57. The number of aliphatic hydroxyl groups is 2. The third kappa shape index (κ3) is 69.3. The first kappa shape index (κ1) is 81.3. The van der Waals surface area contributed by atoms with Gasteiger partial charge in [0.25, 0.3) is 0 Å². The van der Waals surface area contributed by atoms with E-state index in [4.69, 9.17) is 4.74 Å². The van der Waals surface area contributed by atoms with Crippen molar-refractivity contribution in [3.63, 3.8) is 0 Å². The average Bonchev–Trinajstić information content (AvgIpc) is 3.49. The van der Waals surface area contributed by atoms with Gasteiger partial charge in [-0.1, -0.05) is 385 Å². The summed E-state index contributed by atoms with van der Waals surface area (Å²) in [7, 11) is 0. The molecule has 0 fully saturated rings. The molecule has 2 atom stereocenters. The summed E-state index contributed by atoms with van der Waals surface area (Å²) in [5, 5.41) is 23.4. The maximum Gasteiger partial charge on any atom is 0.305 e. The summed E-state index contributed by atoms with van der Waals surface area (Å²) < 4.78 is 5.50. The molecule has 0 saturated heterocycles. The molecule has 0 aromatic heterocycles. The van der Waals surface area contributed by atoms with Gasteiger partial charge in [-0.15, -0.1) is 0 Å². The van der Waals surface area contributed by atoms with Crippen LogP contribution in [0, 0.1) is 0 Å². The summed E-state index contributed by atoms with van der Waals surface area (Å²) in [4.78, 5) is 24.6. The van der Waals surface area contributed by atoms with Crippen molar-refractivity contribution in [3.8, 4) is 0 Å². The number of hydrogen-bond donors (Lipinski definition) is 3. The SMILES string of the molecule is CCCCCC/C=C\C/C=C\CCCCCCCC(=O)OCCCCCCCCCCCCCCCCCCCCCCCCCCCCCCCCCCCCCC(=O)NC(CO)C(O)CCCCCCCCCCCCCCCCC. The molecule has 6 heteroatoms. The molecule has 0 rings (SSSR count). The lowest BCUT2D eigenvalue weighted by Crippen LogP contribution is -2.45. The predicted molar refractivity (Wildman–Crippen MR) is 366 cm³/mol. The summed E-state index contributed by atoms with van der Waals surface area (Å²) in [6.45, 7) is 4.97. The van der Waals surface area contributed by atoms with Gasteiger partial charge in [0, 0.05) is 12.8 Å². The van der Waals surface area contributed by atoms with Crippen molar-refractivity contribution in [1.29, 1.82) is 0 Å². The van der Waals surface area contributed by atoms with Crippen LogP contribution >= 0.6 is 0 Å². The normalized spacial score (nSPS) is 12.6. The van der Waals surface area contributed by atoms with E-state index in [-0.39, 0.29) is 18.5 Å². The Morgan fingerprint density at radius 3 is 0.928 bits per heavy atom. The molecule has 0 aliphatic rings. The van der Waals surface area contributed by atoms with E-state index in [0.717, 1.165) is 51.4 Å².